The summed E-state index contributed by atoms with van der Waals surface area (Å²) < 4.78 is 5.26. The van der Waals surface area contributed by atoms with Crippen LogP contribution in [-0.2, 0) is 25.8 Å². The summed E-state index contributed by atoms with van der Waals surface area (Å²) in [6.45, 7) is 3.07. The Bertz CT molecular complexity index is 1270. The van der Waals surface area contributed by atoms with Crippen molar-refractivity contribution in [1.29, 1.82) is 0 Å². The Labute approximate surface area is 225 Å². The third-order valence-corrected chi connectivity index (χ3v) is 9.97. The van der Waals surface area contributed by atoms with Gasteiger partial charge in [0.1, 0.15) is 12.2 Å². The molecule has 0 spiro atoms. The fourth-order valence-electron chi connectivity index (χ4n) is 7.99. The van der Waals surface area contributed by atoms with Gasteiger partial charge in [0.2, 0.25) is 5.78 Å². The summed E-state index contributed by atoms with van der Waals surface area (Å²) in [6, 6.07) is 5.82. The van der Waals surface area contributed by atoms with E-state index in [0.29, 0.717) is 12.0 Å². The average Bonchev–Trinajstić information content (AvgIpc) is 3.17. The molecule has 0 saturated heterocycles. The lowest BCUT2D eigenvalue weighted by Crippen LogP contribution is -2.61. The second-order valence-electron chi connectivity index (χ2n) is 11.8. The minimum absolute atomic E-state index is 0.00566. The molecule has 1 aromatic carbocycles. The third-order valence-electron chi connectivity index (χ3n) is 9.97. The molecular formula is C29H33NO9. The Morgan fingerprint density at radius 3 is 2.59 bits per heavy atom. The average molecular weight is 540 g/mol. The van der Waals surface area contributed by atoms with E-state index in [1.165, 1.54) is 24.3 Å². The van der Waals surface area contributed by atoms with Crippen molar-refractivity contribution in [3.8, 4) is 0 Å². The lowest BCUT2D eigenvalue weighted by molar-refractivity contribution is -0.763. The normalized spacial score (nSPS) is 36.7. The van der Waals surface area contributed by atoms with E-state index in [2.05, 4.69) is 11.8 Å². The molecule has 10 heteroatoms. The molecule has 39 heavy (non-hydrogen) atoms. The van der Waals surface area contributed by atoms with Crippen molar-refractivity contribution in [3.63, 3.8) is 0 Å². The van der Waals surface area contributed by atoms with Crippen molar-refractivity contribution in [2.24, 2.45) is 28.6 Å². The van der Waals surface area contributed by atoms with Gasteiger partial charge in [-0.3, -0.25) is 9.59 Å². The van der Waals surface area contributed by atoms with Gasteiger partial charge in [-0.2, -0.15) is 0 Å². The van der Waals surface area contributed by atoms with Crippen LogP contribution < -0.4 is 0 Å². The van der Waals surface area contributed by atoms with Gasteiger partial charge in [0.15, 0.2) is 12.4 Å². The summed E-state index contributed by atoms with van der Waals surface area (Å²) in [7, 11) is 0. The number of rotatable bonds is 7. The first-order valence-electron chi connectivity index (χ1n) is 13.3. The number of hydrogen-bond donors (Lipinski definition) is 2. The largest absolute Gasteiger partial charge is 0.454 e. The number of aliphatic hydroxyl groups excluding tert-OH is 1. The smallest absolute Gasteiger partial charge is 0.338 e. The predicted octanol–water partition coefficient (Wildman–Crippen LogP) is 3.13. The fraction of sp³-hybridized carbons (Fsp3) is 0.552. The third kappa shape index (κ3) is 4.39. The Morgan fingerprint density at radius 1 is 1.18 bits per heavy atom. The Balaban J connectivity index is 1.28. The number of fused-ring (bicyclic) bond motifs is 5. The van der Waals surface area contributed by atoms with Crippen molar-refractivity contribution in [2.75, 3.05) is 6.61 Å². The van der Waals surface area contributed by atoms with E-state index in [1.807, 2.05) is 13.0 Å². The molecule has 5 rings (SSSR count). The Kier molecular flexibility index (Phi) is 6.75. The number of nitrogens with zero attached hydrogens (tertiary/aromatic N) is 1. The molecule has 7 atom stereocenters. The minimum Gasteiger partial charge on any atom is -0.454 e. The number of esters is 1. The number of carbonyl (C=O) groups is 3. The van der Waals surface area contributed by atoms with E-state index in [0.717, 1.165) is 18.4 Å². The SMILES string of the molecule is C[C@]12C=CC(=O)C=C1CC[C@@H]1[C@@H]2C(O)C[C@@]2(C)[C@H]1CC[C@]2(O)C(=O)COC(=O)c1ccc(CO[N+](=O)[O-])cc1. The van der Waals surface area contributed by atoms with Crippen molar-refractivity contribution >= 4 is 17.5 Å². The molecule has 1 unspecified atom stereocenters. The van der Waals surface area contributed by atoms with Gasteiger partial charge in [-0.05, 0) is 73.8 Å². The molecule has 0 amide bonds. The van der Waals surface area contributed by atoms with Crippen LogP contribution in [0.15, 0.2) is 48.1 Å². The van der Waals surface area contributed by atoms with Crippen molar-refractivity contribution in [2.45, 2.75) is 64.3 Å². The van der Waals surface area contributed by atoms with Crippen LogP contribution in [0.4, 0.5) is 0 Å². The van der Waals surface area contributed by atoms with Crippen LogP contribution in [0, 0.1) is 38.7 Å². The molecule has 0 heterocycles. The van der Waals surface area contributed by atoms with E-state index >= 15 is 0 Å². The van der Waals surface area contributed by atoms with Gasteiger partial charge in [0, 0.05) is 16.7 Å². The van der Waals surface area contributed by atoms with E-state index in [4.69, 9.17) is 4.74 Å². The molecule has 0 radical (unpaired) electrons. The highest BCUT2D eigenvalue weighted by Crippen LogP contribution is 2.67. The first-order valence-corrected chi connectivity index (χ1v) is 13.3. The molecule has 208 valence electrons. The zero-order valence-electron chi connectivity index (χ0n) is 22.0. The summed E-state index contributed by atoms with van der Waals surface area (Å²) in [5.74, 6) is -1.43. The summed E-state index contributed by atoms with van der Waals surface area (Å²) in [5.41, 5.74) is -1.40. The molecule has 3 fully saturated rings. The summed E-state index contributed by atoms with van der Waals surface area (Å²) in [6.07, 6.45) is 6.97. The van der Waals surface area contributed by atoms with Crippen molar-refractivity contribution in [3.05, 3.63) is 69.3 Å². The van der Waals surface area contributed by atoms with Gasteiger partial charge in [0.25, 0.3) is 5.09 Å². The highest BCUT2D eigenvalue weighted by molar-refractivity contribution is 6.01. The highest BCUT2D eigenvalue weighted by Gasteiger charge is 2.68. The number of benzene rings is 1. The Hall–Kier alpha value is -3.37. The fourth-order valence-corrected chi connectivity index (χ4v) is 7.99. The molecule has 0 aromatic heterocycles. The molecule has 3 saturated carbocycles. The number of carbonyl (C=O) groups excluding carboxylic acids is 3. The van der Waals surface area contributed by atoms with Crippen LogP contribution in [0.2, 0.25) is 0 Å². The van der Waals surface area contributed by atoms with E-state index in [-0.39, 0.29) is 48.5 Å². The van der Waals surface area contributed by atoms with Crippen LogP contribution in [0.1, 0.15) is 61.9 Å². The topological polar surface area (TPSA) is 153 Å². The monoisotopic (exact) mass is 539 g/mol. The maximum atomic E-state index is 13.4. The van der Waals surface area contributed by atoms with Crippen molar-refractivity contribution in [1.82, 2.24) is 0 Å². The van der Waals surface area contributed by atoms with Crippen LogP contribution in [-0.4, -0.2) is 51.1 Å². The van der Waals surface area contributed by atoms with Gasteiger partial charge >= 0.3 is 5.97 Å². The lowest BCUT2D eigenvalue weighted by Gasteiger charge is -2.59. The molecule has 0 bridgehead atoms. The van der Waals surface area contributed by atoms with Gasteiger partial charge in [-0.25, -0.2) is 4.79 Å². The lowest BCUT2D eigenvalue weighted by atomic mass is 9.46. The Morgan fingerprint density at radius 2 is 1.90 bits per heavy atom. The highest BCUT2D eigenvalue weighted by atomic mass is 16.9. The van der Waals surface area contributed by atoms with E-state index < -0.39 is 46.0 Å². The molecule has 0 aliphatic heterocycles. The number of allylic oxidation sites excluding steroid dienone is 4. The number of ether oxygens (including phenoxy) is 1. The maximum Gasteiger partial charge on any atom is 0.338 e. The summed E-state index contributed by atoms with van der Waals surface area (Å²) in [5, 5.41) is 32.7. The van der Waals surface area contributed by atoms with Gasteiger partial charge in [0.05, 0.1) is 11.7 Å². The molecule has 1 aromatic rings. The van der Waals surface area contributed by atoms with Gasteiger partial charge < -0.3 is 19.8 Å². The van der Waals surface area contributed by atoms with Gasteiger partial charge in [-0.15, -0.1) is 10.1 Å². The zero-order valence-corrected chi connectivity index (χ0v) is 22.0. The molecule has 4 aliphatic rings. The van der Waals surface area contributed by atoms with Gasteiger partial charge in [-0.1, -0.05) is 37.6 Å². The number of aliphatic hydroxyl groups is 2. The van der Waals surface area contributed by atoms with Crippen LogP contribution in [0.5, 0.6) is 0 Å². The van der Waals surface area contributed by atoms with Crippen LogP contribution >= 0.6 is 0 Å². The molecule has 10 nitrogen and oxygen atoms in total. The number of Topliss-reactive ketones (excluding diaryl/α,β-unsaturated/α-hetero) is 1. The zero-order chi connectivity index (χ0) is 28.2. The first kappa shape index (κ1) is 27.2. The number of ketones is 2. The molecule has 4 aliphatic carbocycles. The molecule has 2 N–H and O–H groups in total. The van der Waals surface area contributed by atoms with Crippen LogP contribution in [0.3, 0.4) is 0 Å². The molecular weight excluding hydrogens is 506 g/mol. The second kappa shape index (κ2) is 9.67. The first-order chi connectivity index (χ1) is 18.4. The maximum absolute atomic E-state index is 13.4. The van der Waals surface area contributed by atoms with E-state index in [1.54, 1.807) is 12.2 Å². The minimum atomic E-state index is -1.75. The second-order valence-corrected chi connectivity index (χ2v) is 11.8. The van der Waals surface area contributed by atoms with Crippen molar-refractivity contribution < 1.29 is 39.3 Å². The summed E-state index contributed by atoms with van der Waals surface area (Å²) in [4.78, 5) is 52.6. The quantitative estimate of drug-likeness (QED) is 0.302. The summed E-state index contributed by atoms with van der Waals surface area (Å²) >= 11 is 0. The predicted molar refractivity (Wildman–Crippen MR) is 136 cm³/mol. The van der Waals surface area contributed by atoms with Crippen LogP contribution in [0.25, 0.3) is 0 Å². The number of hydrogen-bond acceptors (Lipinski definition) is 9. The van der Waals surface area contributed by atoms with E-state index in [9.17, 15) is 34.7 Å². The standard InChI is InChI=1S/C29H33NO9/c1-27-11-9-20(31)13-19(27)7-8-21-22-10-12-29(35,28(22,2)14-23(32)25(21)27)24(33)16-38-26(34)18-5-3-17(4-6-18)15-39-30(36)37/h3-6,9,11,13,21-23,25,32,35H,7-8,10,12,14-16H2,1-2H3/t21-,22-,23?,25+,27-,28-,29-/m0/s1.